The molecule has 0 saturated carbocycles. The van der Waals surface area contributed by atoms with Crippen molar-refractivity contribution in [2.45, 2.75) is 25.8 Å². The second-order valence-electron chi connectivity index (χ2n) is 5.94. The van der Waals surface area contributed by atoms with Crippen molar-refractivity contribution in [2.75, 3.05) is 23.9 Å². The summed E-state index contributed by atoms with van der Waals surface area (Å²) in [5, 5.41) is 3.75. The first-order chi connectivity index (χ1) is 11.6. The minimum Gasteiger partial charge on any atom is -0.495 e. The molecule has 0 radical (unpaired) electrons. The smallest absolute Gasteiger partial charge is 0.249 e. The SMILES string of the molecule is COc1ccc(NC(C)C(=O)N2CCCc3ccccc32)cc1Cl. The number of para-hydroxylation sites is 1. The Bertz CT molecular complexity index is 748. The van der Waals surface area contributed by atoms with Gasteiger partial charge in [-0.3, -0.25) is 4.79 Å². The average molecular weight is 345 g/mol. The zero-order valence-corrected chi connectivity index (χ0v) is 14.6. The zero-order chi connectivity index (χ0) is 17.1. The highest BCUT2D eigenvalue weighted by Gasteiger charge is 2.26. The van der Waals surface area contributed by atoms with E-state index < -0.39 is 0 Å². The first-order valence-electron chi connectivity index (χ1n) is 8.09. The fraction of sp³-hybridized carbons (Fsp3) is 0.316. The number of ether oxygens (including phenoxy) is 1. The summed E-state index contributed by atoms with van der Waals surface area (Å²) in [6.45, 7) is 2.63. The summed E-state index contributed by atoms with van der Waals surface area (Å²) in [5.74, 6) is 0.681. The van der Waals surface area contributed by atoms with Crippen molar-refractivity contribution >= 4 is 28.9 Å². The highest BCUT2D eigenvalue weighted by atomic mass is 35.5. The molecule has 1 N–H and O–H groups in total. The van der Waals surface area contributed by atoms with Crippen molar-refractivity contribution in [3.8, 4) is 5.75 Å². The standard InChI is InChI=1S/C19H21ClN2O2/c1-13(21-15-9-10-18(24-2)16(20)12-15)19(23)22-11-5-7-14-6-3-4-8-17(14)22/h3-4,6,8-10,12-13,21H,5,7,11H2,1-2H3. The minimum absolute atomic E-state index is 0.0640. The summed E-state index contributed by atoms with van der Waals surface area (Å²) in [5.41, 5.74) is 3.05. The van der Waals surface area contributed by atoms with Gasteiger partial charge < -0.3 is 15.0 Å². The number of carbonyl (C=O) groups excluding carboxylic acids is 1. The van der Waals surface area contributed by atoms with Gasteiger partial charge in [0, 0.05) is 17.9 Å². The Labute approximate surface area is 147 Å². The van der Waals surface area contributed by atoms with E-state index in [1.165, 1.54) is 5.56 Å². The van der Waals surface area contributed by atoms with E-state index in [1.807, 2.05) is 36.1 Å². The summed E-state index contributed by atoms with van der Waals surface area (Å²) >= 11 is 6.15. The van der Waals surface area contributed by atoms with Gasteiger partial charge in [0.25, 0.3) is 0 Å². The Morgan fingerprint density at radius 3 is 2.83 bits per heavy atom. The van der Waals surface area contributed by atoms with E-state index in [0.29, 0.717) is 10.8 Å². The Hall–Kier alpha value is -2.20. The lowest BCUT2D eigenvalue weighted by Gasteiger charge is -2.32. The van der Waals surface area contributed by atoms with Gasteiger partial charge in [0.2, 0.25) is 5.91 Å². The van der Waals surface area contributed by atoms with Crippen molar-refractivity contribution in [3.05, 3.63) is 53.1 Å². The predicted molar refractivity (Wildman–Crippen MR) is 98.2 cm³/mol. The number of amides is 1. The molecule has 1 aliphatic heterocycles. The third-order valence-corrected chi connectivity index (χ3v) is 4.58. The van der Waals surface area contributed by atoms with Crippen LogP contribution in [0.4, 0.5) is 11.4 Å². The zero-order valence-electron chi connectivity index (χ0n) is 13.9. The summed E-state index contributed by atoms with van der Waals surface area (Å²) in [4.78, 5) is 14.8. The molecule has 0 saturated heterocycles. The van der Waals surface area contributed by atoms with Crippen LogP contribution < -0.4 is 15.0 Å². The maximum atomic E-state index is 12.9. The molecular formula is C19H21ClN2O2. The van der Waals surface area contributed by atoms with Crippen LogP contribution in [0.2, 0.25) is 5.02 Å². The second kappa shape index (κ2) is 7.14. The van der Waals surface area contributed by atoms with Gasteiger partial charge in [-0.05, 0) is 49.6 Å². The first kappa shape index (κ1) is 16.7. The van der Waals surface area contributed by atoms with Crippen LogP contribution in [0, 0.1) is 0 Å². The van der Waals surface area contributed by atoms with E-state index >= 15 is 0 Å². The predicted octanol–water partition coefficient (Wildman–Crippen LogP) is 4.13. The Kier molecular flexibility index (Phi) is 4.95. The van der Waals surface area contributed by atoms with Crippen LogP contribution in [-0.4, -0.2) is 25.6 Å². The molecule has 24 heavy (non-hydrogen) atoms. The van der Waals surface area contributed by atoms with Gasteiger partial charge in [-0.1, -0.05) is 29.8 Å². The van der Waals surface area contributed by atoms with Gasteiger partial charge in [-0.15, -0.1) is 0 Å². The lowest BCUT2D eigenvalue weighted by atomic mass is 10.0. The van der Waals surface area contributed by atoms with Crippen LogP contribution in [0.3, 0.4) is 0 Å². The lowest BCUT2D eigenvalue weighted by molar-refractivity contribution is -0.119. The van der Waals surface area contributed by atoms with E-state index in [2.05, 4.69) is 11.4 Å². The van der Waals surface area contributed by atoms with Gasteiger partial charge >= 0.3 is 0 Å². The number of hydrogen-bond acceptors (Lipinski definition) is 3. The Morgan fingerprint density at radius 2 is 2.08 bits per heavy atom. The maximum absolute atomic E-state index is 12.9. The monoisotopic (exact) mass is 344 g/mol. The lowest BCUT2D eigenvalue weighted by Crippen LogP contribution is -2.44. The number of carbonyl (C=O) groups is 1. The number of hydrogen-bond donors (Lipinski definition) is 1. The molecule has 0 bridgehead atoms. The number of fused-ring (bicyclic) bond motifs is 1. The number of anilines is 2. The quantitative estimate of drug-likeness (QED) is 0.906. The van der Waals surface area contributed by atoms with Gasteiger partial charge in [0.1, 0.15) is 11.8 Å². The van der Waals surface area contributed by atoms with E-state index in [0.717, 1.165) is 30.8 Å². The van der Waals surface area contributed by atoms with Crippen molar-refractivity contribution < 1.29 is 9.53 Å². The molecule has 126 valence electrons. The molecule has 1 aliphatic rings. The van der Waals surface area contributed by atoms with E-state index in [-0.39, 0.29) is 11.9 Å². The average Bonchev–Trinajstić information content (AvgIpc) is 2.60. The Balaban J connectivity index is 1.75. The summed E-state index contributed by atoms with van der Waals surface area (Å²) < 4.78 is 5.15. The molecule has 2 aromatic carbocycles. The molecule has 0 fully saturated rings. The van der Waals surface area contributed by atoms with Crippen LogP contribution in [0.15, 0.2) is 42.5 Å². The molecule has 1 unspecified atom stereocenters. The van der Waals surface area contributed by atoms with E-state index in [1.54, 1.807) is 19.2 Å². The number of aryl methyl sites for hydroxylation is 1. The molecule has 1 heterocycles. The third kappa shape index (κ3) is 3.34. The summed E-state index contributed by atoms with van der Waals surface area (Å²) in [6, 6.07) is 13.2. The molecular weight excluding hydrogens is 324 g/mol. The fourth-order valence-corrected chi connectivity index (χ4v) is 3.32. The number of methoxy groups -OCH3 is 1. The molecule has 1 atom stereocenters. The van der Waals surface area contributed by atoms with Gasteiger partial charge in [0.15, 0.2) is 0 Å². The van der Waals surface area contributed by atoms with Gasteiger partial charge in [0.05, 0.1) is 12.1 Å². The molecule has 4 nitrogen and oxygen atoms in total. The van der Waals surface area contributed by atoms with E-state index in [9.17, 15) is 4.79 Å². The number of rotatable bonds is 4. The number of halogens is 1. The van der Waals surface area contributed by atoms with Crippen LogP contribution >= 0.6 is 11.6 Å². The first-order valence-corrected chi connectivity index (χ1v) is 8.47. The highest BCUT2D eigenvalue weighted by molar-refractivity contribution is 6.32. The van der Waals surface area contributed by atoms with Crippen LogP contribution in [0.25, 0.3) is 0 Å². The Morgan fingerprint density at radius 1 is 1.29 bits per heavy atom. The van der Waals surface area contributed by atoms with Gasteiger partial charge in [-0.2, -0.15) is 0 Å². The number of nitrogens with one attached hydrogen (secondary N) is 1. The van der Waals surface area contributed by atoms with Crippen molar-refractivity contribution in [1.29, 1.82) is 0 Å². The van der Waals surface area contributed by atoms with Crippen molar-refractivity contribution in [2.24, 2.45) is 0 Å². The maximum Gasteiger partial charge on any atom is 0.249 e. The van der Waals surface area contributed by atoms with Crippen LogP contribution in [0.1, 0.15) is 18.9 Å². The third-order valence-electron chi connectivity index (χ3n) is 4.28. The molecule has 0 spiro atoms. The van der Waals surface area contributed by atoms with Crippen molar-refractivity contribution in [3.63, 3.8) is 0 Å². The number of benzene rings is 2. The molecule has 1 amide bonds. The normalized spacial score (nSPS) is 14.7. The van der Waals surface area contributed by atoms with Crippen LogP contribution in [-0.2, 0) is 11.2 Å². The van der Waals surface area contributed by atoms with Crippen LogP contribution in [0.5, 0.6) is 5.75 Å². The topological polar surface area (TPSA) is 41.6 Å². The molecule has 0 aliphatic carbocycles. The number of nitrogens with zero attached hydrogens (tertiary/aromatic N) is 1. The largest absolute Gasteiger partial charge is 0.495 e. The molecule has 0 aromatic heterocycles. The molecule has 5 heteroatoms. The van der Waals surface area contributed by atoms with Crippen molar-refractivity contribution in [1.82, 2.24) is 0 Å². The fourth-order valence-electron chi connectivity index (χ4n) is 3.06. The molecule has 2 aromatic rings. The second-order valence-corrected chi connectivity index (χ2v) is 6.34. The van der Waals surface area contributed by atoms with Gasteiger partial charge in [-0.25, -0.2) is 0 Å². The minimum atomic E-state index is -0.347. The highest BCUT2D eigenvalue weighted by Crippen LogP contribution is 2.29. The summed E-state index contributed by atoms with van der Waals surface area (Å²) in [6.07, 6.45) is 2.01. The summed E-state index contributed by atoms with van der Waals surface area (Å²) in [7, 11) is 1.58. The molecule has 3 rings (SSSR count). The van der Waals surface area contributed by atoms with E-state index in [4.69, 9.17) is 16.3 Å².